The molecule has 0 spiro atoms. The first-order valence-corrected chi connectivity index (χ1v) is 9.06. The fourth-order valence-electron chi connectivity index (χ4n) is 3.33. The molecule has 0 aromatic carbocycles. The molecule has 0 atom stereocenters. The molecule has 24 heavy (non-hydrogen) atoms. The topological polar surface area (TPSA) is 58.5 Å². The van der Waals surface area contributed by atoms with Crippen LogP contribution in [0.25, 0.3) is 0 Å². The van der Waals surface area contributed by atoms with E-state index in [0.29, 0.717) is 12.0 Å². The Bertz CT molecular complexity index is 573. The number of aliphatic imine (C=N–C) groups is 1. The summed E-state index contributed by atoms with van der Waals surface area (Å²) in [6.07, 6.45) is 7.10. The lowest BCUT2D eigenvalue weighted by atomic mass is 9.67. The van der Waals surface area contributed by atoms with Gasteiger partial charge >= 0.3 is 0 Å². The average Bonchev–Trinajstić information content (AvgIpc) is 2.53. The van der Waals surface area contributed by atoms with Gasteiger partial charge < -0.3 is 15.4 Å². The Morgan fingerprint density at radius 3 is 2.58 bits per heavy atom. The van der Waals surface area contributed by atoms with Gasteiger partial charge in [0.25, 0.3) is 0 Å². The minimum Gasteiger partial charge on any atom is -0.496 e. The van der Waals surface area contributed by atoms with Gasteiger partial charge in [-0.2, -0.15) is 0 Å². The highest BCUT2D eigenvalue weighted by atomic mass is 16.5. The molecular weight excluding hydrogens is 300 g/mol. The molecule has 1 aromatic rings. The summed E-state index contributed by atoms with van der Waals surface area (Å²) in [5.74, 6) is 1.78. The maximum Gasteiger partial charge on any atom is 0.191 e. The lowest BCUT2D eigenvalue weighted by molar-refractivity contribution is 0.131. The molecule has 1 aliphatic carbocycles. The Hall–Kier alpha value is -1.78. The second kappa shape index (κ2) is 8.36. The molecule has 134 valence electrons. The first-order chi connectivity index (χ1) is 11.5. The first-order valence-electron chi connectivity index (χ1n) is 9.06. The van der Waals surface area contributed by atoms with Crippen molar-refractivity contribution >= 4 is 5.96 Å². The van der Waals surface area contributed by atoms with Crippen LogP contribution in [0.2, 0.25) is 0 Å². The third-order valence-corrected chi connectivity index (χ3v) is 5.28. The summed E-state index contributed by atoms with van der Waals surface area (Å²) in [4.78, 5) is 9.25. The highest BCUT2D eigenvalue weighted by Gasteiger charge is 2.34. The predicted octanol–water partition coefficient (Wildman–Crippen LogP) is 3.34. The number of aryl methyl sites for hydroxylation is 1. The zero-order valence-electron chi connectivity index (χ0n) is 15.8. The second-order valence-electron chi connectivity index (χ2n) is 6.80. The molecule has 0 aliphatic heterocycles. The van der Waals surface area contributed by atoms with Gasteiger partial charge in [0.1, 0.15) is 5.75 Å². The van der Waals surface area contributed by atoms with Gasteiger partial charge in [0.15, 0.2) is 5.96 Å². The van der Waals surface area contributed by atoms with Crippen LogP contribution in [0.5, 0.6) is 5.75 Å². The molecule has 0 saturated heterocycles. The van der Waals surface area contributed by atoms with Crippen LogP contribution in [0.1, 0.15) is 56.4 Å². The fourth-order valence-corrected chi connectivity index (χ4v) is 3.33. The van der Waals surface area contributed by atoms with Crippen molar-refractivity contribution in [1.29, 1.82) is 0 Å². The third kappa shape index (κ3) is 4.19. The zero-order chi connectivity index (χ0) is 17.6. The van der Waals surface area contributed by atoms with E-state index >= 15 is 0 Å². The third-order valence-electron chi connectivity index (χ3n) is 5.28. The quantitative estimate of drug-likeness (QED) is 0.594. The largest absolute Gasteiger partial charge is 0.496 e. The smallest absolute Gasteiger partial charge is 0.191 e. The summed E-state index contributed by atoms with van der Waals surface area (Å²) in [6.45, 7) is 10.8. The van der Waals surface area contributed by atoms with E-state index in [1.807, 2.05) is 20.0 Å². The molecule has 1 heterocycles. The first kappa shape index (κ1) is 18.6. The van der Waals surface area contributed by atoms with Crippen LogP contribution in [0.3, 0.4) is 0 Å². The Kier molecular flexibility index (Phi) is 6.46. The van der Waals surface area contributed by atoms with E-state index in [1.54, 1.807) is 7.11 Å². The number of pyridine rings is 1. The standard InChI is InChI=1S/C19H32N4O/c1-6-19(9-8-10-19)13-23-18(20-7-2)22-12-16-15(4)17(24-5)14(3)11-21-16/h11H,6-10,12-13H2,1-5H3,(H2,20,22,23). The van der Waals surface area contributed by atoms with Crippen molar-refractivity contribution in [2.24, 2.45) is 10.4 Å². The Morgan fingerprint density at radius 2 is 2.04 bits per heavy atom. The van der Waals surface area contributed by atoms with E-state index in [-0.39, 0.29) is 0 Å². The molecule has 1 aromatic heterocycles. The van der Waals surface area contributed by atoms with Gasteiger partial charge in [0.2, 0.25) is 0 Å². The Morgan fingerprint density at radius 1 is 1.29 bits per heavy atom. The van der Waals surface area contributed by atoms with Crippen LogP contribution in [0.4, 0.5) is 0 Å². The predicted molar refractivity (Wildman–Crippen MR) is 99.7 cm³/mol. The lowest BCUT2D eigenvalue weighted by Crippen LogP contribution is -2.46. The molecule has 1 fully saturated rings. The van der Waals surface area contributed by atoms with Crippen molar-refractivity contribution < 1.29 is 4.74 Å². The van der Waals surface area contributed by atoms with Crippen molar-refractivity contribution in [3.8, 4) is 5.75 Å². The molecule has 1 saturated carbocycles. The van der Waals surface area contributed by atoms with E-state index in [1.165, 1.54) is 25.7 Å². The second-order valence-corrected chi connectivity index (χ2v) is 6.80. The number of hydrogen-bond donors (Lipinski definition) is 2. The highest BCUT2D eigenvalue weighted by molar-refractivity contribution is 5.79. The van der Waals surface area contributed by atoms with Gasteiger partial charge in [-0.05, 0) is 45.4 Å². The Balaban J connectivity index is 2.05. The molecule has 5 heteroatoms. The van der Waals surface area contributed by atoms with Crippen LogP contribution >= 0.6 is 0 Å². The van der Waals surface area contributed by atoms with Gasteiger partial charge in [0.05, 0.1) is 19.3 Å². The molecule has 2 N–H and O–H groups in total. The van der Waals surface area contributed by atoms with Crippen LogP contribution in [-0.2, 0) is 6.54 Å². The molecule has 0 bridgehead atoms. The monoisotopic (exact) mass is 332 g/mol. The Labute approximate surface area is 146 Å². The summed E-state index contributed by atoms with van der Waals surface area (Å²) in [5.41, 5.74) is 3.56. The van der Waals surface area contributed by atoms with E-state index in [0.717, 1.165) is 41.6 Å². The summed E-state index contributed by atoms with van der Waals surface area (Å²) >= 11 is 0. The number of hydrogen-bond acceptors (Lipinski definition) is 3. The van der Waals surface area contributed by atoms with Gasteiger partial charge in [-0.15, -0.1) is 0 Å². The van der Waals surface area contributed by atoms with Crippen LogP contribution in [0, 0.1) is 19.3 Å². The van der Waals surface area contributed by atoms with Gasteiger partial charge in [-0.3, -0.25) is 4.98 Å². The van der Waals surface area contributed by atoms with E-state index in [2.05, 4.69) is 29.5 Å². The van der Waals surface area contributed by atoms with Crippen molar-refractivity contribution in [3.63, 3.8) is 0 Å². The number of guanidine groups is 1. The molecule has 1 aliphatic rings. The minimum atomic E-state index is 0.470. The molecule has 2 rings (SSSR count). The SMILES string of the molecule is CCNC(=NCc1ncc(C)c(OC)c1C)NCC1(CC)CCC1. The number of nitrogens with one attached hydrogen (secondary N) is 2. The van der Waals surface area contributed by atoms with E-state index in [9.17, 15) is 0 Å². The normalized spacial score (nSPS) is 16.5. The van der Waals surface area contributed by atoms with E-state index in [4.69, 9.17) is 9.73 Å². The number of nitrogens with zero attached hydrogens (tertiary/aromatic N) is 2. The molecule has 5 nitrogen and oxygen atoms in total. The molecular formula is C19H32N4O. The van der Waals surface area contributed by atoms with Crippen molar-refractivity contribution in [3.05, 3.63) is 23.0 Å². The molecule has 0 radical (unpaired) electrons. The van der Waals surface area contributed by atoms with Gasteiger partial charge in [0, 0.05) is 30.4 Å². The molecule has 0 unspecified atom stereocenters. The van der Waals surface area contributed by atoms with Crippen LogP contribution in [0.15, 0.2) is 11.2 Å². The maximum absolute atomic E-state index is 5.48. The zero-order valence-corrected chi connectivity index (χ0v) is 15.8. The van der Waals surface area contributed by atoms with Crippen molar-refractivity contribution in [1.82, 2.24) is 15.6 Å². The summed E-state index contributed by atoms with van der Waals surface area (Å²) in [7, 11) is 1.71. The summed E-state index contributed by atoms with van der Waals surface area (Å²) < 4.78 is 5.48. The number of methoxy groups -OCH3 is 1. The number of rotatable bonds is 7. The highest BCUT2D eigenvalue weighted by Crippen LogP contribution is 2.42. The summed E-state index contributed by atoms with van der Waals surface area (Å²) in [6, 6.07) is 0. The van der Waals surface area contributed by atoms with Crippen molar-refractivity contribution in [2.75, 3.05) is 20.2 Å². The fraction of sp³-hybridized carbons (Fsp3) is 0.684. The number of ether oxygens (including phenoxy) is 1. The minimum absolute atomic E-state index is 0.470. The maximum atomic E-state index is 5.48. The van der Waals surface area contributed by atoms with E-state index < -0.39 is 0 Å². The molecule has 0 amide bonds. The summed E-state index contributed by atoms with van der Waals surface area (Å²) in [5, 5.41) is 6.86. The van der Waals surface area contributed by atoms with Crippen molar-refractivity contribution in [2.45, 2.75) is 59.9 Å². The van der Waals surface area contributed by atoms with Gasteiger partial charge in [-0.25, -0.2) is 4.99 Å². The number of aromatic nitrogens is 1. The van der Waals surface area contributed by atoms with Gasteiger partial charge in [-0.1, -0.05) is 13.3 Å². The average molecular weight is 332 g/mol. The van der Waals surface area contributed by atoms with Crippen LogP contribution in [-0.4, -0.2) is 31.1 Å². The van der Waals surface area contributed by atoms with Crippen LogP contribution < -0.4 is 15.4 Å². The lowest BCUT2D eigenvalue weighted by Gasteiger charge is -2.41.